The lowest BCUT2D eigenvalue weighted by Gasteiger charge is -2.34. The number of methoxy groups -OCH3 is 1. The van der Waals surface area contributed by atoms with Crippen LogP contribution in [0.25, 0.3) is 0 Å². The number of ether oxygens (including phenoxy) is 1. The van der Waals surface area contributed by atoms with Gasteiger partial charge in [0.25, 0.3) is 5.91 Å². The van der Waals surface area contributed by atoms with E-state index in [1.165, 1.54) is 0 Å². The third kappa shape index (κ3) is 4.05. The number of nitrogens with one attached hydrogen (secondary N) is 1. The van der Waals surface area contributed by atoms with Gasteiger partial charge in [-0.3, -0.25) is 4.79 Å². The second-order valence-electron chi connectivity index (χ2n) is 6.46. The smallest absolute Gasteiger partial charge is 0.253 e. The summed E-state index contributed by atoms with van der Waals surface area (Å²) in [5.74, 6) is 1.06. The molecule has 2 aromatic carbocycles. The minimum Gasteiger partial charge on any atom is -0.508 e. The van der Waals surface area contributed by atoms with E-state index >= 15 is 0 Å². The van der Waals surface area contributed by atoms with E-state index in [0.29, 0.717) is 12.1 Å². The van der Waals surface area contributed by atoms with Crippen LogP contribution < -0.4 is 10.1 Å². The van der Waals surface area contributed by atoms with Gasteiger partial charge in [0.15, 0.2) is 0 Å². The Hall–Kier alpha value is -2.69. The molecule has 0 bridgehead atoms. The average Bonchev–Trinajstić information content (AvgIpc) is 2.64. The normalized spacial score (nSPS) is 17.2. The summed E-state index contributed by atoms with van der Waals surface area (Å²) in [6.07, 6.45) is 2.00. The van der Waals surface area contributed by atoms with Crippen LogP contribution in [0.1, 0.15) is 28.8 Å². The van der Waals surface area contributed by atoms with Crippen molar-refractivity contribution in [1.82, 2.24) is 4.90 Å². The number of rotatable bonds is 4. The van der Waals surface area contributed by atoms with Crippen molar-refractivity contribution in [2.45, 2.75) is 25.8 Å². The molecule has 1 saturated heterocycles. The number of piperidine rings is 1. The summed E-state index contributed by atoms with van der Waals surface area (Å²) in [4.78, 5) is 14.6. The summed E-state index contributed by atoms with van der Waals surface area (Å²) in [6, 6.07) is 13.1. The molecule has 1 atom stereocenters. The highest BCUT2D eigenvalue weighted by atomic mass is 16.5. The van der Waals surface area contributed by atoms with Crippen LogP contribution in [0.5, 0.6) is 11.5 Å². The molecule has 2 N–H and O–H groups in total. The van der Waals surface area contributed by atoms with Crippen LogP contribution >= 0.6 is 0 Å². The standard InChI is InChI=1S/C20H24N2O3/c1-14-12-15(5-10-19(14)23)20(24)22-11-3-4-17(13-22)21-16-6-8-18(25-2)9-7-16/h5-10,12,17,21,23H,3-4,11,13H2,1-2H3/t17-/m0/s1. The quantitative estimate of drug-likeness (QED) is 0.895. The Balaban J connectivity index is 1.65. The topological polar surface area (TPSA) is 61.8 Å². The number of carbonyl (C=O) groups excluding carboxylic acids is 1. The third-order valence-electron chi connectivity index (χ3n) is 4.61. The maximum atomic E-state index is 12.7. The van der Waals surface area contributed by atoms with E-state index < -0.39 is 0 Å². The number of phenols is 1. The lowest BCUT2D eigenvalue weighted by atomic mass is 10.0. The van der Waals surface area contributed by atoms with Crippen LogP contribution in [-0.2, 0) is 0 Å². The molecular weight excluding hydrogens is 316 g/mol. The van der Waals surface area contributed by atoms with Crippen molar-refractivity contribution in [2.24, 2.45) is 0 Å². The lowest BCUT2D eigenvalue weighted by Crippen LogP contribution is -2.45. The Morgan fingerprint density at radius 3 is 2.68 bits per heavy atom. The summed E-state index contributed by atoms with van der Waals surface area (Å²) in [6.45, 7) is 3.24. The molecule has 2 aromatic rings. The van der Waals surface area contributed by atoms with Crippen LogP contribution in [0.15, 0.2) is 42.5 Å². The molecule has 25 heavy (non-hydrogen) atoms. The first-order valence-electron chi connectivity index (χ1n) is 8.56. The predicted octanol–water partition coefficient (Wildman–Crippen LogP) is 3.43. The van der Waals surface area contributed by atoms with E-state index in [9.17, 15) is 9.90 Å². The number of amides is 1. The number of aromatic hydroxyl groups is 1. The molecule has 0 saturated carbocycles. The highest BCUT2D eigenvalue weighted by molar-refractivity contribution is 5.94. The lowest BCUT2D eigenvalue weighted by molar-refractivity contribution is 0.0714. The third-order valence-corrected chi connectivity index (χ3v) is 4.61. The fraction of sp³-hybridized carbons (Fsp3) is 0.350. The molecule has 0 aliphatic carbocycles. The van der Waals surface area contributed by atoms with Gasteiger partial charge < -0.3 is 20.1 Å². The summed E-state index contributed by atoms with van der Waals surface area (Å²) < 4.78 is 5.18. The number of hydrogen-bond acceptors (Lipinski definition) is 4. The molecular formula is C20H24N2O3. The fourth-order valence-corrected chi connectivity index (χ4v) is 3.17. The van der Waals surface area contributed by atoms with Crippen LogP contribution in [0.2, 0.25) is 0 Å². The Kier molecular flexibility index (Phi) is 5.12. The molecule has 0 spiro atoms. The van der Waals surface area contributed by atoms with Crippen LogP contribution in [0.4, 0.5) is 5.69 Å². The van der Waals surface area contributed by atoms with Crippen molar-refractivity contribution >= 4 is 11.6 Å². The van der Waals surface area contributed by atoms with Crippen LogP contribution in [-0.4, -0.2) is 42.2 Å². The van der Waals surface area contributed by atoms with Gasteiger partial charge in [0, 0.05) is 30.4 Å². The van der Waals surface area contributed by atoms with Gasteiger partial charge in [-0.1, -0.05) is 0 Å². The van der Waals surface area contributed by atoms with Gasteiger partial charge >= 0.3 is 0 Å². The van der Waals surface area contributed by atoms with E-state index in [4.69, 9.17) is 4.74 Å². The van der Waals surface area contributed by atoms with Gasteiger partial charge in [-0.25, -0.2) is 0 Å². The second kappa shape index (κ2) is 7.47. The van der Waals surface area contributed by atoms with E-state index in [1.54, 1.807) is 32.2 Å². The molecule has 1 amide bonds. The fourth-order valence-electron chi connectivity index (χ4n) is 3.17. The maximum absolute atomic E-state index is 12.7. The first kappa shape index (κ1) is 17.1. The minimum absolute atomic E-state index is 0.0179. The maximum Gasteiger partial charge on any atom is 0.253 e. The summed E-state index contributed by atoms with van der Waals surface area (Å²) in [5, 5.41) is 13.1. The molecule has 1 heterocycles. The molecule has 0 unspecified atom stereocenters. The molecule has 132 valence electrons. The Bertz CT molecular complexity index is 743. The van der Waals surface area contributed by atoms with Gasteiger partial charge in [0.1, 0.15) is 11.5 Å². The molecule has 1 aliphatic heterocycles. The number of anilines is 1. The van der Waals surface area contributed by atoms with Crippen molar-refractivity contribution in [3.05, 3.63) is 53.6 Å². The highest BCUT2D eigenvalue weighted by Gasteiger charge is 2.24. The van der Waals surface area contributed by atoms with Crippen LogP contribution in [0, 0.1) is 6.92 Å². The zero-order chi connectivity index (χ0) is 17.8. The Morgan fingerprint density at radius 1 is 1.24 bits per heavy atom. The minimum atomic E-state index is 0.0179. The first-order valence-corrected chi connectivity index (χ1v) is 8.56. The molecule has 0 radical (unpaired) electrons. The van der Waals surface area contributed by atoms with Crippen molar-refractivity contribution in [3.63, 3.8) is 0 Å². The van der Waals surface area contributed by atoms with E-state index in [2.05, 4.69) is 5.32 Å². The summed E-state index contributed by atoms with van der Waals surface area (Å²) in [7, 11) is 1.65. The van der Waals surface area contributed by atoms with E-state index in [0.717, 1.165) is 36.4 Å². The molecule has 5 nitrogen and oxygen atoms in total. The largest absolute Gasteiger partial charge is 0.508 e. The number of likely N-dealkylation sites (tertiary alicyclic amines) is 1. The van der Waals surface area contributed by atoms with Gasteiger partial charge in [0.2, 0.25) is 0 Å². The van der Waals surface area contributed by atoms with Crippen molar-refractivity contribution in [3.8, 4) is 11.5 Å². The van der Waals surface area contributed by atoms with Crippen LogP contribution in [0.3, 0.4) is 0 Å². The highest BCUT2D eigenvalue weighted by Crippen LogP contribution is 2.22. The van der Waals surface area contributed by atoms with Crippen molar-refractivity contribution in [1.29, 1.82) is 0 Å². The van der Waals surface area contributed by atoms with Gasteiger partial charge in [-0.2, -0.15) is 0 Å². The number of nitrogens with zero attached hydrogens (tertiary/aromatic N) is 1. The SMILES string of the molecule is COc1ccc(N[C@H]2CCCN(C(=O)c3ccc(O)c(C)c3)C2)cc1. The zero-order valence-electron chi connectivity index (χ0n) is 14.7. The van der Waals surface area contributed by atoms with Crippen molar-refractivity contribution in [2.75, 3.05) is 25.5 Å². The average molecular weight is 340 g/mol. The van der Waals surface area contributed by atoms with Gasteiger partial charge in [-0.05, 0) is 67.8 Å². The first-order chi connectivity index (χ1) is 12.1. The molecule has 5 heteroatoms. The number of phenolic OH excluding ortho intramolecular Hbond substituents is 1. The number of carbonyl (C=O) groups is 1. The monoisotopic (exact) mass is 340 g/mol. The van der Waals surface area contributed by atoms with Crippen molar-refractivity contribution < 1.29 is 14.6 Å². The Labute approximate surface area is 148 Å². The van der Waals surface area contributed by atoms with Gasteiger partial charge in [-0.15, -0.1) is 0 Å². The summed E-state index contributed by atoms with van der Waals surface area (Å²) >= 11 is 0. The summed E-state index contributed by atoms with van der Waals surface area (Å²) in [5.41, 5.74) is 2.37. The Morgan fingerprint density at radius 2 is 2.00 bits per heavy atom. The zero-order valence-corrected chi connectivity index (χ0v) is 14.7. The van der Waals surface area contributed by atoms with E-state index in [-0.39, 0.29) is 17.7 Å². The van der Waals surface area contributed by atoms with E-state index in [1.807, 2.05) is 29.2 Å². The molecule has 1 fully saturated rings. The molecule has 3 rings (SSSR count). The molecule has 0 aromatic heterocycles. The predicted molar refractivity (Wildman–Crippen MR) is 98.4 cm³/mol. The number of hydrogen-bond donors (Lipinski definition) is 2. The molecule has 1 aliphatic rings. The van der Waals surface area contributed by atoms with Gasteiger partial charge in [0.05, 0.1) is 7.11 Å². The number of benzene rings is 2. The number of aryl methyl sites for hydroxylation is 1. The second-order valence-corrected chi connectivity index (χ2v) is 6.46.